The van der Waals surface area contributed by atoms with Gasteiger partial charge in [0.25, 0.3) is 0 Å². The molecule has 2 aliphatic rings. The molecular formula is C23H25NO4. The van der Waals surface area contributed by atoms with Crippen LogP contribution in [0.4, 0.5) is 4.79 Å². The second-order valence-corrected chi connectivity index (χ2v) is 8.04. The molecule has 0 bridgehead atoms. The molecule has 1 amide bonds. The minimum absolute atomic E-state index is 0.0334. The van der Waals surface area contributed by atoms with E-state index in [-0.39, 0.29) is 12.5 Å². The monoisotopic (exact) mass is 379 g/mol. The van der Waals surface area contributed by atoms with Crippen LogP contribution < -0.4 is 5.32 Å². The molecule has 5 nitrogen and oxygen atoms in total. The van der Waals surface area contributed by atoms with Crippen LogP contribution in [0.2, 0.25) is 0 Å². The first-order valence-electron chi connectivity index (χ1n) is 9.87. The normalized spacial score (nSPS) is 21.2. The van der Waals surface area contributed by atoms with Crippen LogP contribution in [-0.4, -0.2) is 29.8 Å². The highest BCUT2D eigenvalue weighted by atomic mass is 16.5. The van der Waals surface area contributed by atoms with Crippen molar-refractivity contribution in [3.8, 4) is 11.1 Å². The number of ether oxygens (including phenoxy) is 1. The van der Waals surface area contributed by atoms with Gasteiger partial charge in [0.1, 0.15) is 12.6 Å². The molecule has 2 aromatic carbocycles. The quantitative estimate of drug-likeness (QED) is 0.779. The third kappa shape index (κ3) is 3.61. The lowest BCUT2D eigenvalue weighted by molar-refractivity contribution is -0.140. The Kier molecular flexibility index (Phi) is 5.07. The molecule has 28 heavy (non-hydrogen) atoms. The van der Waals surface area contributed by atoms with Crippen LogP contribution in [0.1, 0.15) is 43.2 Å². The van der Waals surface area contributed by atoms with Crippen LogP contribution in [0.15, 0.2) is 48.5 Å². The molecule has 1 unspecified atom stereocenters. The summed E-state index contributed by atoms with van der Waals surface area (Å²) in [5.74, 6) is -0.0270. The van der Waals surface area contributed by atoms with Gasteiger partial charge < -0.3 is 15.2 Å². The number of carboxylic acids is 1. The van der Waals surface area contributed by atoms with Crippen molar-refractivity contribution in [2.45, 2.75) is 38.1 Å². The van der Waals surface area contributed by atoms with E-state index < -0.39 is 18.1 Å². The molecule has 1 atom stereocenters. The number of alkyl carbamates (subject to hydrolysis) is 1. The molecule has 2 aliphatic carbocycles. The first-order valence-corrected chi connectivity index (χ1v) is 9.87. The van der Waals surface area contributed by atoms with Crippen molar-refractivity contribution in [1.82, 2.24) is 5.32 Å². The number of benzene rings is 2. The van der Waals surface area contributed by atoms with Gasteiger partial charge in [0.2, 0.25) is 0 Å². The van der Waals surface area contributed by atoms with Gasteiger partial charge in [-0.05, 0) is 53.4 Å². The van der Waals surface area contributed by atoms with E-state index in [4.69, 9.17) is 4.74 Å². The fourth-order valence-corrected chi connectivity index (χ4v) is 4.60. The molecule has 5 heteroatoms. The number of aliphatic carboxylic acids is 1. The molecule has 0 aromatic heterocycles. The van der Waals surface area contributed by atoms with Crippen molar-refractivity contribution in [1.29, 1.82) is 0 Å². The number of hydrogen-bond acceptors (Lipinski definition) is 3. The van der Waals surface area contributed by atoms with E-state index in [1.807, 2.05) is 24.3 Å². The van der Waals surface area contributed by atoms with Gasteiger partial charge in [-0.15, -0.1) is 0 Å². The van der Waals surface area contributed by atoms with Gasteiger partial charge in [-0.2, -0.15) is 0 Å². The van der Waals surface area contributed by atoms with Gasteiger partial charge in [-0.3, -0.25) is 0 Å². The summed E-state index contributed by atoms with van der Waals surface area (Å²) in [6.45, 7) is 2.35. The van der Waals surface area contributed by atoms with Crippen molar-refractivity contribution in [3.05, 3.63) is 59.7 Å². The van der Waals surface area contributed by atoms with Crippen LogP contribution in [0.5, 0.6) is 0 Å². The highest BCUT2D eigenvalue weighted by Gasteiger charge is 2.33. The molecule has 0 heterocycles. The Morgan fingerprint density at radius 2 is 1.64 bits per heavy atom. The number of fused-ring (bicyclic) bond motifs is 3. The van der Waals surface area contributed by atoms with E-state index in [2.05, 4.69) is 36.5 Å². The third-order valence-corrected chi connectivity index (χ3v) is 5.97. The predicted octanol–water partition coefficient (Wildman–Crippen LogP) is 4.41. The minimum Gasteiger partial charge on any atom is -0.480 e. The van der Waals surface area contributed by atoms with Crippen LogP contribution in [0, 0.1) is 11.8 Å². The highest BCUT2D eigenvalue weighted by Crippen LogP contribution is 2.44. The number of amides is 1. The molecular weight excluding hydrogens is 354 g/mol. The van der Waals surface area contributed by atoms with Gasteiger partial charge in [-0.1, -0.05) is 55.5 Å². The lowest BCUT2D eigenvalue weighted by Gasteiger charge is -2.34. The first-order chi connectivity index (χ1) is 13.5. The van der Waals surface area contributed by atoms with Crippen molar-refractivity contribution in [2.24, 2.45) is 11.8 Å². The first kappa shape index (κ1) is 18.5. The van der Waals surface area contributed by atoms with Gasteiger partial charge in [0.15, 0.2) is 0 Å². The Bertz CT molecular complexity index is 842. The summed E-state index contributed by atoms with van der Waals surface area (Å²) in [5.41, 5.74) is 4.59. The van der Waals surface area contributed by atoms with E-state index in [0.29, 0.717) is 18.3 Å². The molecule has 2 aromatic rings. The van der Waals surface area contributed by atoms with E-state index >= 15 is 0 Å². The molecule has 1 saturated carbocycles. The summed E-state index contributed by atoms with van der Waals surface area (Å²) in [6, 6.07) is 15.3. The average molecular weight is 379 g/mol. The standard InChI is InChI=1S/C23H25NO4/c1-14-10-15(11-14)12-21(22(25)26)24-23(27)28-13-20-18-8-4-2-6-16(18)17-7-3-5-9-19(17)20/h2-9,14-15,20-21H,10-13H2,1H3,(H,24,27)(H,25,26). The van der Waals surface area contributed by atoms with Crippen LogP contribution in [-0.2, 0) is 9.53 Å². The molecule has 4 rings (SSSR count). The molecule has 0 aliphatic heterocycles. The van der Waals surface area contributed by atoms with Crippen LogP contribution >= 0.6 is 0 Å². The summed E-state index contributed by atoms with van der Waals surface area (Å²) < 4.78 is 5.46. The Balaban J connectivity index is 1.40. The Morgan fingerprint density at radius 1 is 1.07 bits per heavy atom. The Hall–Kier alpha value is -2.82. The number of carbonyl (C=O) groups is 2. The SMILES string of the molecule is CC1CC(CC(NC(=O)OCC2c3ccccc3-c3ccccc32)C(=O)O)C1. The second kappa shape index (κ2) is 7.66. The number of rotatable bonds is 6. The lowest BCUT2D eigenvalue weighted by atomic mass is 9.73. The number of hydrogen-bond donors (Lipinski definition) is 2. The van der Waals surface area contributed by atoms with E-state index in [1.165, 1.54) is 0 Å². The fourth-order valence-electron chi connectivity index (χ4n) is 4.60. The largest absolute Gasteiger partial charge is 0.480 e. The van der Waals surface area contributed by atoms with Crippen LogP contribution in [0.25, 0.3) is 11.1 Å². The smallest absolute Gasteiger partial charge is 0.407 e. The zero-order chi connectivity index (χ0) is 19.7. The van der Waals surface area contributed by atoms with Crippen molar-refractivity contribution < 1.29 is 19.4 Å². The van der Waals surface area contributed by atoms with Gasteiger partial charge in [-0.25, -0.2) is 9.59 Å². The summed E-state index contributed by atoms with van der Waals surface area (Å²) in [6.07, 6.45) is 1.84. The zero-order valence-corrected chi connectivity index (χ0v) is 15.9. The Labute approximate surface area is 164 Å². The maximum absolute atomic E-state index is 12.3. The molecule has 0 spiro atoms. The summed E-state index contributed by atoms with van der Waals surface area (Å²) in [5, 5.41) is 12.0. The van der Waals surface area contributed by atoms with Crippen LogP contribution in [0.3, 0.4) is 0 Å². The maximum atomic E-state index is 12.3. The predicted molar refractivity (Wildman–Crippen MR) is 106 cm³/mol. The second-order valence-electron chi connectivity index (χ2n) is 8.04. The van der Waals surface area contributed by atoms with Gasteiger partial charge >= 0.3 is 12.1 Å². The minimum atomic E-state index is -1.01. The van der Waals surface area contributed by atoms with E-state index in [1.54, 1.807) is 0 Å². The van der Waals surface area contributed by atoms with Crippen molar-refractivity contribution in [3.63, 3.8) is 0 Å². The highest BCUT2D eigenvalue weighted by molar-refractivity contribution is 5.81. The molecule has 1 fully saturated rings. The fraction of sp³-hybridized carbons (Fsp3) is 0.391. The van der Waals surface area contributed by atoms with Crippen molar-refractivity contribution in [2.75, 3.05) is 6.61 Å². The lowest BCUT2D eigenvalue weighted by Crippen LogP contribution is -2.44. The van der Waals surface area contributed by atoms with E-state index in [0.717, 1.165) is 35.1 Å². The van der Waals surface area contributed by atoms with Gasteiger partial charge in [0, 0.05) is 5.92 Å². The number of carbonyl (C=O) groups excluding carboxylic acids is 1. The molecule has 146 valence electrons. The Morgan fingerprint density at radius 3 is 2.18 bits per heavy atom. The number of carboxylic acid groups (broad SMARTS) is 1. The molecule has 0 radical (unpaired) electrons. The summed E-state index contributed by atoms with van der Waals surface area (Å²) in [7, 11) is 0. The summed E-state index contributed by atoms with van der Waals surface area (Å²) >= 11 is 0. The topological polar surface area (TPSA) is 75.6 Å². The summed E-state index contributed by atoms with van der Waals surface area (Å²) in [4.78, 5) is 23.8. The van der Waals surface area contributed by atoms with Crippen molar-refractivity contribution >= 4 is 12.1 Å². The number of nitrogens with one attached hydrogen (secondary N) is 1. The zero-order valence-electron chi connectivity index (χ0n) is 15.9. The molecule has 2 N–H and O–H groups in total. The third-order valence-electron chi connectivity index (χ3n) is 5.97. The van der Waals surface area contributed by atoms with Gasteiger partial charge in [0.05, 0.1) is 0 Å². The molecule has 0 saturated heterocycles. The maximum Gasteiger partial charge on any atom is 0.407 e. The average Bonchev–Trinajstić information content (AvgIpc) is 2.98. The van der Waals surface area contributed by atoms with E-state index in [9.17, 15) is 14.7 Å².